The average molecular weight is 226 g/mol. The van der Waals surface area contributed by atoms with E-state index in [0.29, 0.717) is 0 Å². The highest BCUT2D eigenvalue weighted by molar-refractivity contribution is 5.97. The molecule has 0 saturated carbocycles. The van der Waals surface area contributed by atoms with Crippen molar-refractivity contribution in [3.05, 3.63) is 23.8 Å². The van der Waals surface area contributed by atoms with Gasteiger partial charge in [-0.2, -0.15) is 0 Å². The van der Waals surface area contributed by atoms with Gasteiger partial charge in [0, 0.05) is 6.04 Å². The second kappa shape index (κ2) is 3.73. The van der Waals surface area contributed by atoms with Gasteiger partial charge in [-0.05, 0) is 19.1 Å². The fraction of sp³-hybridized carbons (Fsp3) is 0.364. The predicted octanol–water partition coefficient (Wildman–Crippen LogP) is 2.35. The first-order chi connectivity index (χ1) is 7.50. The van der Waals surface area contributed by atoms with Gasteiger partial charge >= 0.3 is 0 Å². The zero-order valence-corrected chi connectivity index (χ0v) is 8.97. The topological polar surface area (TPSA) is 41.1 Å². The van der Waals surface area contributed by atoms with Gasteiger partial charge in [0.1, 0.15) is 0 Å². The molecular formula is C11H12F2N2O. The van der Waals surface area contributed by atoms with Crippen molar-refractivity contribution in [2.24, 2.45) is 5.92 Å². The second-order valence-electron chi connectivity index (χ2n) is 3.99. The van der Waals surface area contributed by atoms with Crippen molar-refractivity contribution in [1.29, 1.82) is 0 Å². The Bertz CT molecular complexity index is 448. The first kappa shape index (κ1) is 10.9. The van der Waals surface area contributed by atoms with Crippen LogP contribution in [0.5, 0.6) is 0 Å². The lowest BCUT2D eigenvalue weighted by Crippen LogP contribution is -2.30. The molecule has 0 saturated heterocycles. The van der Waals surface area contributed by atoms with E-state index in [9.17, 15) is 13.6 Å². The molecule has 0 bridgehead atoms. The van der Waals surface area contributed by atoms with Crippen LogP contribution in [0.25, 0.3) is 0 Å². The maximum atomic E-state index is 13.5. The summed E-state index contributed by atoms with van der Waals surface area (Å²) >= 11 is 0. The molecular weight excluding hydrogens is 214 g/mol. The van der Waals surface area contributed by atoms with Crippen LogP contribution in [0.4, 0.5) is 20.2 Å². The first-order valence-corrected chi connectivity index (χ1v) is 5.06. The first-order valence-electron chi connectivity index (χ1n) is 5.06. The molecule has 1 aromatic rings. The molecule has 1 aromatic carbocycles. The lowest BCUT2D eigenvalue weighted by molar-refractivity contribution is -0.119. The SMILES string of the molecule is CC1Nc2c(ccc(F)c2F)NC(=O)C1C. The molecule has 2 rings (SSSR count). The zero-order chi connectivity index (χ0) is 11.9. The Morgan fingerprint density at radius 3 is 2.62 bits per heavy atom. The van der Waals surface area contributed by atoms with E-state index in [1.165, 1.54) is 6.07 Å². The molecule has 1 heterocycles. The van der Waals surface area contributed by atoms with Crippen LogP contribution in [0.1, 0.15) is 13.8 Å². The van der Waals surface area contributed by atoms with Crippen molar-refractivity contribution in [2.75, 3.05) is 10.6 Å². The molecule has 1 aliphatic rings. The quantitative estimate of drug-likeness (QED) is 0.713. The molecule has 0 radical (unpaired) electrons. The fourth-order valence-electron chi connectivity index (χ4n) is 1.62. The number of carbonyl (C=O) groups is 1. The summed E-state index contributed by atoms with van der Waals surface area (Å²) in [7, 11) is 0. The Morgan fingerprint density at radius 1 is 1.25 bits per heavy atom. The molecule has 0 fully saturated rings. The van der Waals surface area contributed by atoms with Gasteiger partial charge in [-0.1, -0.05) is 6.92 Å². The summed E-state index contributed by atoms with van der Waals surface area (Å²) in [6.07, 6.45) is 0. The number of hydrogen-bond donors (Lipinski definition) is 2. The molecule has 5 heteroatoms. The van der Waals surface area contributed by atoms with E-state index in [0.717, 1.165) is 6.07 Å². The fourth-order valence-corrected chi connectivity index (χ4v) is 1.62. The van der Waals surface area contributed by atoms with Crippen LogP contribution in [-0.4, -0.2) is 11.9 Å². The van der Waals surface area contributed by atoms with Gasteiger partial charge in [-0.25, -0.2) is 8.78 Å². The maximum absolute atomic E-state index is 13.5. The Labute approximate surface area is 91.8 Å². The second-order valence-corrected chi connectivity index (χ2v) is 3.99. The predicted molar refractivity (Wildman–Crippen MR) is 57.2 cm³/mol. The van der Waals surface area contributed by atoms with Crippen LogP contribution >= 0.6 is 0 Å². The molecule has 86 valence electrons. The molecule has 2 unspecified atom stereocenters. The highest BCUT2D eigenvalue weighted by atomic mass is 19.2. The lowest BCUT2D eigenvalue weighted by Gasteiger charge is -2.16. The van der Waals surface area contributed by atoms with Gasteiger partial charge in [0.2, 0.25) is 5.91 Å². The van der Waals surface area contributed by atoms with E-state index in [-0.39, 0.29) is 29.2 Å². The summed E-state index contributed by atoms with van der Waals surface area (Å²) in [5.74, 6) is -2.40. The van der Waals surface area contributed by atoms with E-state index >= 15 is 0 Å². The van der Waals surface area contributed by atoms with Crippen LogP contribution in [0.15, 0.2) is 12.1 Å². The summed E-state index contributed by atoms with van der Waals surface area (Å²) in [4.78, 5) is 11.6. The van der Waals surface area contributed by atoms with Crippen molar-refractivity contribution < 1.29 is 13.6 Å². The van der Waals surface area contributed by atoms with Gasteiger partial charge in [0.15, 0.2) is 11.6 Å². The number of hydrogen-bond acceptors (Lipinski definition) is 2. The van der Waals surface area contributed by atoms with Crippen LogP contribution in [0, 0.1) is 17.6 Å². The Kier molecular flexibility index (Phi) is 2.53. The van der Waals surface area contributed by atoms with E-state index < -0.39 is 11.6 Å². The number of benzene rings is 1. The van der Waals surface area contributed by atoms with Crippen LogP contribution in [0.3, 0.4) is 0 Å². The monoisotopic (exact) mass is 226 g/mol. The smallest absolute Gasteiger partial charge is 0.229 e. The summed E-state index contributed by atoms with van der Waals surface area (Å²) in [6, 6.07) is 2.10. The maximum Gasteiger partial charge on any atom is 0.229 e. The van der Waals surface area contributed by atoms with E-state index in [1.807, 2.05) is 0 Å². The number of nitrogens with one attached hydrogen (secondary N) is 2. The van der Waals surface area contributed by atoms with Gasteiger partial charge in [0.25, 0.3) is 0 Å². The van der Waals surface area contributed by atoms with E-state index in [1.54, 1.807) is 13.8 Å². The van der Waals surface area contributed by atoms with Crippen molar-refractivity contribution in [3.63, 3.8) is 0 Å². The van der Waals surface area contributed by atoms with E-state index in [4.69, 9.17) is 0 Å². The Morgan fingerprint density at radius 2 is 1.94 bits per heavy atom. The number of carbonyl (C=O) groups excluding carboxylic acids is 1. The highest BCUT2D eigenvalue weighted by Gasteiger charge is 2.27. The van der Waals surface area contributed by atoms with Crippen molar-refractivity contribution in [1.82, 2.24) is 0 Å². The van der Waals surface area contributed by atoms with Crippen molar-refractivity contribution in [3.8, 4) is 0 Å². The summed E-state index contributed by atoms with van der Waals surface area (Å²) in [5, 5.41) is 5.38. The van der Waals surface area contributed by atoms with Gasteiger partial charge < -0.3 is 10.6 Å². The molecule has 2 N–H and O–H groups in total. The summed E-state index contributed by atoms with van der Waals surface area (Å²) in [5.41, 5.74) is 0.297. The number of rotatable bonds is 0. The minimum atomic E-state index is -0.959. The molecule has 16 heavy (non-hydrogen) atoms. The Hall–Kier alpha value is -1.65. The summed E-state index contributed by atoms with van der Waals surface area (Å²) in [6.45, 7) is 3.48. The van der Waals surface area contributed by atoms with Crippen molar-refractivity contribution >= 4 is 17.3 Å². The molecule has 0 aromatic heterocycles. The molecule has 2 atom stereocenters. The average Bonchev–Trinajstić information content (AvgIpc) is 2.36. The van der Waals surface area contributed by atoms with Gasteiger partial charge in [-0.3, -0.25) is 4.79 Å². The number of anilines is 2. The summed E-state index contributed by atoms with van der Waals surface area (Å²) < 4.78 is 26.5. The van der Waals surface area contributed by atoms with Crippen LogP contribution in [0.2, 0.25) is 0 Å². The normalized spacial score (nSPS) is 24.1. The van der Waals surface area contributed by atoms with E-state index in [2.05, 4.69) is 10.6 Å². The third-order valence-corrected chi connectivity index (χ3v) is 2.89. The number of amides is 1. The molecule has 1 amide bonds. The lowest BCUT2D eigenvalue weighted by atomic mass is 10.0. The van der Waals surface area contributed by atoms with Gasteiger partial charge in [-0.15, -0.1) is 0 Å². The van der Waals surface area contributed by atoms with Crippen LogP contribution in [-0.2, 0) is 4.79 Å². The van der Waals surface area contributed by atoms with Crippen molar-refractivity contribution in [2.45, 2.75) is 19.9 Å². The van der Waals surface area contributed by atoms with Crippen LogP contribution < -0.4 is 10.6 Å². The minimum absolute atomic E-state index is 0.0187. The standard InChI is InChI=1S/C11H12F2N2O/c1-5-6(2)14-10-8(15-11(5)16)4-3-7(12)9(10)13/h3-6,14H,1-2H3,(H,15,16). The number of fused-ring (bicyclic) bond motifs is 1. The molecule has 1 aliphatic heterocycles. The largest absolute Gasteiger partial charge is 0.378 e. The minimum Gasteiger partial charge on any atom is -0.378 e. The zero-order valence-electron chi connectivity index (χ0n) is 8.97. The molecule has 3 nitrogen and oxygen atoms in total. The van der Waals surface area contributed by atoms with Gasteiger partial charge in [0.05, 0.1) is 17.3 Å². The molecule has 0 aliphatic carbocycles. The third kappa shape index (κ3) is 1.62. The number of halogens is 2. The third-order valence-electron chi connectivity index (χ3n) is 2.89. The molecule has 0 spiro atoms. The highest BCUT2D eigenvalue weighted by Crippen LogP contribution is 2.31. The Balaban J connectivity index is 2.51.